The molecule has 21 heavy (non-hydrogen) atoms. The molecule has 2 atom stereocenters. The average molecular weight is 291 g/mol. The highest BCUT2D eigenvalue weighted by Gasteiger charge is 2.31. The maximum Gasteiger partial charge on any atom is 0.336 e. The van der Waals surface area contributed by atoms with Crippen molar-refractivity contribution in [2.75, 3.05) is 13.1 Å². The standard InChI is InChI=1S/C17H22FNO2/c18-15-5-6-16(17(20)21)14(9-15)11-19-8-7-12-3-1-2-4-13(12)10-19/h5-6,9,12-13H,1-4,7-8,10-11H2,(H,20,21). The number of fused-ring (bicyclic) bond motifs is 1. The fourth-order valence-corrected chi connectivity index (χ4v) is 3.96. The summed E-state index contributed by atoms with van der Waals surface area (Å²) in [6, 6.07) is 3.97. The molecule has 1 saturated carbocycles. The molecule has 1 N–H and O–H groups in total. The fraction of sp³-hybridized carbons (Fsp3) is 0.588. The normalized spacial score (nSPS) is 26.3. The van der Waals surface area contributed by atoms with Gasteiger partial charge < -0.3 is 5.11 Å². The maximum absolute atomic E-state index is 13.4. The minimum absolute atomic E-state index is 0.224. The van der Waals surface area contributed by atoms with Crippen LogP contribution in [0.2, 0.25) is 0 Å². The molecule has 1 aliphatic heterocycles. The molecule has 0 amide bonds. The smallest absolute Gasteiger partial charge is 0.336 e. The van der Waals surface area contributed by atoms with Crippen molar-refractivity contribution in [2.45, 2.75) is 38.6 Å². The van der Waals surface area contributed by atoms with E-state index >= 15 is 0 Å². The third kappa shape index (κ3) is 3.26. The van der Waals surface area contributed by atoms with Gasteiger partial charge in [-0.05, 0) is 55.0 Å². The predicted molar refractivity (Wildman–Crippen MR) is 78.7 cm³/mol. The highest BCUT2D eigenvalue weighted by Crippen LogP contribution is 2.36. The molecular formula is C17H22FNO2. The van der Waals surface area contributed by atoms with Crippen LogP contribution in [0, 0.1) is 17.7 Å². The fourth-order valence-electron chi connectivity index (χ4n) is 3.96. The van der Waals surface area contributed by atoms with Crippen LogP contribution < -0.4 is 0 Å². The van der Waals surface area contributed by atoms with Crippen LogP contribution >= 0.6 is 0 Å². The van der Waals surface area contributed by atoms with Crippen molar-refractivity contribution in [1.82, 2.24) is 4.90 Å². The van der Waals surface area contributed by atoms with Crippen molar-refractivity contribution >= 4 is 5.97 Å². The van der Waals surface area contributed by atoms with E-state index in [1.165, 1.54) is 50.3 Å². The molecule has 1 aliphatic carbocycles. The number of halogens is 1. The van der Waals surface area contributed by atoms with E-state index in [9.17, 15) is 14.3 Å². The van der Waals surface area contributed by atoms with Gasteiger partial charge in [-0.1, -0.05) is 19.3 Å². The number of hydrogen-bond acceptors (Lipinski definition) is 2. The lowest BCUT2D eigenvalue weighted by Crippen LogP contribution is -2.41. The lowest BCUT2D eigenvalue weighted by Gasteiger charge is -2.41. The van der Waals surface area contributed by atoms with Gasteiger partial charge >= 0.3 is 5.97 Å². The number of carboxylic acid groups (broad SMARTS) is 1. The van der Waals surface area contributed by atoms with Gasteiger partial charge in [0, 0.05) is 13.1 Å². The summed E-state index contributed by atoms with van der Waals surface area (Å²) in [4.78, 5) is 13.6. The average Bonchev–Trinajstić information content (AvgIpc) is 2.47. The van der Waals surface area contributed by atoms with Gasteiger partial charge in [0.1, 0.15) is 5.82 Å². The summed E-state index contributed by atoms with van der Waals surface area (Å²) in [6.07, 6.45) is 6.50. The van der Waals surface area contributed by atoms with Gasteiger partial charge in [-0.15, -0.1) is 0 Å². The van der Waals surface area contributed by atoms with E-state index in [2.05, 4.69) is 4.90 Å². The van der Waals surface area contributed by atoms with E-state index in [0.29, 0.717) is 12.1 Å². The molecule has 0 spiro atoms. The van der Waals surface area contributed by atoms with Crippen molar-refractivity contribution in [3.05, 3.63) is 35.1 Å². The molecule has 2 unspecified atom stereocenters. The Morgan fingerprint density at radius 3 is 2.76 bits per heavy atom. The minimum atomic E-state index is -0.974. The number of carbonyl (C=O) groups is 1. The third-order valence-corrected chi connectivity index (χ3v) is 5.07. The van der Waals surface area contributed by atoms with Gasteiger partial charge in [-0.25, -0.2) is 9.18 Å². The Kier molecular flexibility index (Phi) is 4.24. The van der Waals surface area contributed by atoms with Crippen molar-refractivity contribution in [3.8, 4) is 0 Å². The first-order valence-corrected chi connectivity index (χ1v) is 7.87. The van der Waals surface area contributed by atoms with E-state index in [1.54, 1.807) is 0 Å². The monoisotopic (exact) mass is 291 g/mol. The summed E-state index contributed by atoms with van der Waals surface area (Å²) in [5.74, 6) is 0.260. The Morgan fingerprint density at radius 2 is 2.00 bits per heavy atom. The van der Waals surface area contributed by atoms with E-state index < -0.39 is 5.97 Å². The van der Waals surface area contributed by atoms with Crippen LogP contribution in [0.4, 0.5) is 4.39 Å². The predicted octanol–water partition coefficient (Wildman–Crippen LogP) is 3.54. The van der Waals surface area contributed by atoms with E-state index in [4.69, 9.17) is 0 Å². The molecule has 0 bridgehead atoms. The summed E-state index contributed by atoms with van der Waals surface area (Å²) in [5, 5.41) is 9.23. The summed E-state index contributed by atoms with van der Waals surface area (Å²) < 4.78 is 13.4. The number of nitrogens with zero attached hydrogens (tertiary/aromatic N) is 1. The number of carboxylic acids is 1. The third-order valence-electron chi connectivity index (χ3n) is 5.07. The first-order chi connectivity index (χ1) is 10.1. The van der Waals surface area contributed by atoms with Crippen LogP contribution in [0.3, 0.4) is 0 Å². The zero-order valence-electron chi connectivity index (χ0n) is 12.2. The Balaban J connectivity index is 1.72. The largest absolute Gasteiger partial charge is 0.478 e. The Morgan fingerprint density at radius 1 is 1.24 bits per heavy atom. The zero-order valence-corrected chi connectivity index (χ0v) is 12.2. The molecule has 2 fully saturated rings. The zero-order chi connectivity index (χ0) is 14.8. The van der Waals surface area contributed by atoms with Crippen LogP contribution in [0.1, 0.15) is 48.0 Å². The van der Waals surface area contributed by atoms with Gasteiger partial charge in [-0.3, -0.25) is 4.90 Å². The highest BCUT2D eigenvalue weighted by atomic mass is 19.1. The highest BCUT2D eigenvalue weighted by molar-refractivity contribution is 5.89. The molecule has 3 nitrogen and oxygen atoms in total. The summed E-state index contributed by atoms with van der Waals surface area (Å²) in [5.41, 5.74) is 0.818. The Hall–Kier alpha value is -1.42. The second-order valence-corrected chi connectivity index (χ2v) is 6.44. The van der Waals surface area contributed by atoms with Crippen LogP contribution in [0.15, 0.2) is 18.2 Å². The minimum Gasteiger partial charge on any atom is -0.478 e. The maximum atomic E-state index is 13.4. The number of aromatic carboxylic acids is 1. The van der Waals surface area contributed by atoms with Gasteiger partial charge in [0.15, 0.2) is 0 Å². The molecule has 0 aromatic heterocycles. The summed E-state index contributed by atoms with van der Waals surface area (Å²) in [6.45, 7) is 2.57. The molecule has 2 aliphatic rings. The van der Waals surface area contributed by atoms with Crippen LogP contribution in [0.25, 0.3) is 0 Å². The molecule has 0 radical (unpaired) electrons. The van der Waals surface area contributed by atoms with Crippen LogP contribution in [-0.4, -0.2) is 29.1 Å². The second-order valence-electron chi connectivity index (χ2n) is 6.44. The molecule has 1 saturated heterocycles. The van der Waals surface area contributed by atoms with Crippen LogP contribution in [0.5, 0.6) is 0 Å². The Labute approximate surface area is 124 Å². The van der Waals surface area contributed by atoms with E-state index in [1.807, 2.05) is 0 Å². The molecular weight excluding hydrogens is 269 g/mol. The Bertz CT molecular complexity index is 532. The number of rotatable bonds is 3. The van der Waals surface area contributed by atoms with Crippen molar-refractivity contribution in [1.29, 1.82) is 0 Å². The van der Waals surface area contributed by atoms with Gasteiger partial charge in [0.2, 0.25) is 0 Å². The van der Waals surface area contributed by atoms with E-state index in [-0.39, 0.29) is 11.4 Å². The van der Waals surface area contributed by atoms with Gasteiger partial charge in [0.05, 0.1) is 5.56 Å². The summed E-state index contributed by atoms with van der Waals surface area (Å²) >= 11 is 0. The SMILES string of the molecule is O=C(O)c1ccc(F)cc1CN1CCC2CCCCC2C1. The lowest BCUT2D eigenvalue weighted by molar-refractivity contribution is 0.0684. The first-order valence-electron chi connectivity index (χ1n) is 7.87. The molecule has 1 aromatic carbocycles. The molecule has 114 valence electrons. The van der Waals surface area contributed by atoms with Crippen molar-refractivity contribution < 1.29 is 14.3 Å². The van der Waals surface area contributed by atoms with E-state index in [0.717, 1.165) is 24.9 Å². The number of likely N-dealkylation sites (tertiary alicyclic amines) is 1. The molecule has 1 aromatic rings. The van der Waals surface area contributed by atoms with Gasteiger partial charge in [-0.2, -0.15) is 0 Å². The molecule has 3 rings (SSSR count). The molecule has 1 heterocycles. The number of piperidine rings is 1. The van der Waals surface area contributed by atoms with Gasteiger partial charge in [0.25, 0.3) is 0 Å². The summed E-state index contributed by atoms with van der Waals surface area (Å²) in [7, 11) is 0. The van der Waals surface area contributed by atoms with Crippen LogP contribution in [-0.2, 0) is 6.54 Å². The second kappa shape index (κ2) is 6.14. The van der Waals surface area contributed by atoms with Crippen molar-refractivity contribution in [3.63, 3.8) is 0 Å². The first kappa shape index (κ1) is 14.5. The topological polar surface area (TPSA) is 40.5 Å². The quantitative estimate of drug-likeness (QED) is 0.926. The lowest BCUT2D eigenvalue weighted by atomic mass is 9.75. The number of benzene rings is 1. The molecule has 4 heteroatoms. The number of hydrogen-bond donors (Lipinski definition) is 1. The van der Waals surface area contributed by atoms with Crippen molar-refractivity contribution in [2.24, 2.45) is 11.8 Å².